The minimum atomic E-state index is 0.00628. The lowest BCUT2D eigenvalue weighted by Crippen LogP contribution is -2.24. The fourth-order valence-electron chi connectivity index (χ4n) is 3.51. The van der Waals surface area contributed by atoms with Crippen molar-refractivity contribution in [2.75, 3.05) is 0 Å². The third kappa shape index (κ3) is 4.56. The average Bonchev–Trinajstić information content (AvgIpc) is 3.07. The minimum Gasteiger partial charge on any atom is -0.283 e. The summed E-state index contributed by atoms with van der Waals surface area (Å²) in [5.41, 5.74) is 4.16. The number of rotatable bonds is 6. The van der Waals surface area contributed by atoms with Crippen LogP contribution in [0.2, 0.25) is 10.0 Å². The van der Waals surface area contributed by atoms with Crippen molar-refractivity contribution in [3.05, 3.63) is 90.0 Å². The molecule has 0 radical (unpaired) electrons. The molecule has 2 aromatic heterocycles. The Kier molecular flexibility index (Phi) is 6.77. The highest BCUT2D eigenvalue weighted by molar-refractivity contribution is 7.98. The van der Waals surface area contributed by atoms with Crippen molar-refractivity contribution in [1.29, 1.82) is 0 Å². The van der Waals surface area contributed by atoms with E-state index in [0.717, 1.165) is 33.3 Å². The Morgan fingerprint density at radius 3 is 2.39 bits per heavy atom. The van der Waals surface area contributed by atoms with E-state index >= 15 is 0 Å². The number of hydrogen-bond donors (Lipinski definition) is 0. The maximum absolute atomic E-state index is 13.6. The van der Waals surface area contributed by atoms with Crippen LogP contribution in [-0.2, 0) is 18.7 Å². The van der Waals surface area contributed by atoms with E-state index in [1.165, 1.54) is 22.2 Å². The Bertz CT molecular complexity index is 1290. The summed E-state index contributed by atoms with van der Waals surface area (Å²) in [6.45, 7) is 6.65. The molecule has 0 fully saturated rings. The number of thiophene rings is 1. The lowest BCUT2D eigenvalue weighted by Gasteiger charge is -2.13. The molecule has 0 saturated carbocycles. The first-order valence-corrected chi connectivity index (χ1v) is 12.6. The molecule has 31 heavy (non-hydrogen) atoms. The molecule has 2 aromatic carbocycles. The molecule has 3 nitrogen and oxygen atoms in total. The van der Waals surface area contributed by atoms with Gasteiger partial charge in [-0.15, -0.1) is 11.3 Å². The molecule has 0 bridgehead atoms. The molecule has 0 unspecified atom stereocenters. The normalized spacial score (nSPS) is 11.4. The SMILES string of the molecule is CCc1sc2nc(SCc3c(Cl)cccc3Cl)n(Cc3ccc(C)cc3)c(=O)c2c1C. The van der Waals surface area contributed by atoms with Crippen LogP contribution < -0.4 is 5.56 Å². The number of thioether (sulfide) groups is 1. The summed E-state index contributed by atoms with van der Waals surface area (Å²) in [4.78, 5) is 20.5. The van der Waals surface area contributed by atoms with E-state index in [9.17, 15) is 4.79 Å². The van der Waals surface area contributed by atoms with Gasteiger partial charge in [0.25, 0.3) is 5.56 Å². The zero-order chi connectivity index (χ0) is 22.1. The molecule has 7 heteroatoms. The lowest BCUT2D eigenvalue weighted by atomic mass is 10.1. The molecule has 2 heterocycles. The third-order valence-electron chi connectivity index (χ3n) is 5.30. The summed E-state index contributed by atoms with van der Waals surface area (Å²) in [7, 11) is 0. The third-order valence-corrected chi connectivity index (χ3v) is 8.34. The monoisotopic (exact) mass is 488 g/mol. The van der Waals surface area contributed by atoms with Gasteiger partial charge >= 0.3 is 0 Å². The molecule has 0 N–H and O–H groups in total. The van der Waals surface area contributed by atoms with Crippen LogP contribution in [0.3, 0.4) is 0 Å². The van der Waals surface area contributed by atoms with Crippen molar-refractivity contribution in [2.24, 2.45) is 0 Å². The molecular formula is C24H22Cl2N2OS2. The van der Waals surface area contributed by atoms with Crippen LogP contribution in [-0.4, -0.2) is 9.55 Å². The lowest BCUT2D eigenvalue weighted by molar-refractivity contribution is 0.659. The summed E-state index contributed by atoms with van der Waals surface area (Å²) in [6.07, 6.45) is 0.891. The smallest absolute Gasteiger partial charge is 0.263 e. The van der Waals surface area contributed by atoms with Crippen LogP contribution in [0.4, 0.5) is 0 Å². The van der Waals surface area contributed by atoms with Crippen LogP contribution in [0, 0.1) is 13.8 Å². The van der Waals surface area contributed by atoms with Gasteiger partial charge in [-0.25, -0.2) is 4.98 Å². The first-order chi connectivity index (χ1) is 14.9. The van der Waals surface area contributed by atoms with Crippen LogP contribution in [0.5, 0.6) is 0 Å². The van der Waals surface area contributed by atoms with Gasteiger partial charge in [0.1, 0.15) is 4.83 Å². The van der Waals surface area contributed by atoms with Crippen LogP contribution in [0.25, 0.3) is 10.2 Å². The molecule has 0 saturated heterocycles. The topological polar surface area (TPSA) is 34.9 Å². The zero-order valence-corrected chi connectivity index (χ0v) is 20.7. The van der Waals surface area contributed by atoms with Gasteiger partial charge in [-0.3, -0.25) is 9.36 Å². The quantitative estimate of drug-likeness (QED) is 0.211. The predicted octanol–water partition coefficient (Wildman–Crippen LogP) is 7.28. The molecule has 4 aromatic rings. The summed E-state index contributed by atoms with van der Waals surface area (Å²) in [5.74, 6) is 0.537. The van der Waals surface area contributed by atoms with Gasteiger partial charge in [0.15, 0.2) is 5.16 Å². The van der Waals surface area contributed by atoms with Crippen molar-refractivity contribution in [3.63, 3.8) is 0 Å². The highest BCUT2D eigenvalue weighted by atomic mass is 35.5. The van der Waals surface area contributed by atoms with E-state index in [0.29, 0.717) is 27.5 Å². The fourth-order valence-corrected chi connectivity index (χ4v) is 6.41. The van der Waals surface area contributed by atoms with Gasteiger partial charge in [-0.05, 0) is 49.1 Å². The first kappa shape index (κ1) is 22.4. The molecule has 0 aliphatic heterocycles. The number of fused-ring (bicyclic) bond motifs is 1. The number of aryl methyl sites for hydroxylation is 3. The van der Waals surface area contributed by atoms with Crippen molar-refractivity contribution in [2.45, 2.75) is 44.6 Å². The largest absolute Gasteiger partial charge is 0.283 e. The average molecular weight is 489 g/mol. The van der Waals surface area contributed by atoms with Gasteiger partial charge < -0.3 is 0 Å². The number of benzene rings is 2. The van der Waals surface area contributed by atoms with Crippen molar-refractivity contribution < 1.29 is 0 Å². The Balaban J connectivity index is 1.81. The van der Waals surface area contributed by atoms with E-state index in [-0.39, 0.29) is 5.56 Å². The highest BCUT2D eigenvalue weighted by Gasteiger charge is 2.19. The highest BCUT2D eigenvalue weighted by Crippen LogP contribution is 2.33. The fraction of sp³-hybridized carbons (Fsp3) is 0.250. The molecule has 0 aliphatic carbocycles. The second kappa shape index (κ2) is 9.37. The molecule has 0 aliphatic rings. The maximum Gasteiger partial charge on any atom is 0.263 e. The summed E-state index contributed by atoms with van der Waals surface area (Å²) in [6, 6.07) is 13.7. The van der Waals surface area contributed by atoms with Crippen molar-refractivity contribution >= 4 is 56.5 Å². The van der Waals surface area contributed by atoms with Gasteiger partial charge in [0, 0.05) is 20.7 Å². The number of nitrogens with zero attached hydrogens (tertiary/aromatic N) is 2. The molecule has 0 atom stereocenters. The van der Waals surface area contributed by atoms with E-state index < -0.39 is 0 Å². The van der Waals surface area contributed by atoms with Gasteiger partial charge in [0.05, 0.1) is 11.9 Å². The molecule has 0 spiro atoms. The van der Waals surface area contributed by atoms with Crippen LogP contribution >= 0.6 is 46.3 Å². The summed E-state index contributed by atoms with van der Waals surface area (Å²) < 4.78 is 1.78. The number of aromatic nitrogens is 2. The summed E-state index contributed by atoms with van der Waals surface area (Å²) in [5, 5.41) is 2.65. The first-order valence-electron chi connectivity index (χ1n) is 10.0. The van der Waals surface area contributed by atoms with Crippen LogP contribution in [0.1, 0.15) is 34.1 Å². The van der Waals surface area contributed by atoms with Crippen LogP contribution in [0.15, 0.2) is 52.4 Å². The van der Waals surface area contributed by atoms with Gasteiger partial charge in [-0.1, -0.05) is 77.8 Å². The zero-order valence-electron chi connectivity index (χ0n) is 17.5. The maximum atomic E-state index is 13.6. The van der Waals surface area contributed by atoms with E-state index in [1.54, 1.807) is 15.9 Å². The minimum absolute atomic E-state index is 0.00628. The van der Waals surface area contributed by atoms with Gasteiger partial charge in [-0.2, -0.15) is 0 Å². The standard InChI is InChI=1S/C24H22Cl2N2OS2/c1-4-20-15(3)21-22(31-20)27-24(30-13-17-18(25)6-5-7-19(17)26)28(23(21)29)12-16-10-8-14(2)9-11-16/h5-11H,4,12-13H2,1-3H3. The van der Waals surface area contributed by atoms with E-state index in [4.69, 9.17) is 28.2 Å². The molecular weight excluding hydrogens is 467 g/mol. The Morgan fingerprint density at radius 2 is 1.74 bits per heavy atom. The number of halogens is 2. The Labute approximate surface area is 200 Å². The Hall–Kier alpha value is -1.79. The molecule has 4 rings (SSSR count). The van der Waals surface area contributed by atoms with Crippen molar-refractivity contribution in [1.82, 2.24) is 9.55 Å². The molecule has 160 valence electrons. The van der Waals surface area contributed by atoms with E-state index in [2.05, 4.69) is 38.1 Å². The second-order valence-electron chi connectivity index (χ2n) is 7.44. The number of hydrogen-bond acceptors (Lipinski definition) is 4. The predicted molar refractivity (Wildman–Crippen MR) is 134 cm³/mol. The Morgan fingerprint density at radius 1 is 1.06 bits per heavy atom. The van der Waals surface area contributed by atoms with Crippen molar-refractivity contribution in [3.8, 4) is 0 Å². The van der Waals surface area contributed by atoms with E-state index in [1.807, 2.05) is 25.1 Å². The van der Waals surface area contributed by atoms with Gasteiger partial charge in [0.2, 0.25) is 0 Å². The summed E-state index contributed by atoms with van der Waals surface area (Å²) >= 11 is 15.8. The second-order valence-corrected chi connectivity index (χ2v) is 10.3. The molecule has 0 amide bonds.